The molecular weight excluding hydrogens is 1220 g/mol. The Morgan fingerprint density at radius 3 is 0.646 bits per heavy atom. The van der Waals surface area contributed by atoms with Crippen molar-refractivity contribution < 1.29 is 75.8 Å². The summed E-state index contributed by atoms with van der Waals surface area (Å²) in [5.74, 6) is 8.54. The molecule has 8 rings (SSSR count). The molecule has 16 heteroatoms. The molecule has 0 unspecified atom stereocenters. The standard InChI is InChI=1S/2C40H50O8/c2*1-41-35-22-31(23-36(42-2)39(35)45-5)26-47-19-13-18-33(20-29-14-9-7-10-15-29)34(21-30-16-11-8-12-17-30)28-48-27-32-24-37(43-3)40(46-6)38(25-32)44-4/h2*7-12,14-17,22-25,33-34H,13,18-21,26-28H2,1-6H3/t2*33-,34+/m10/s1. The van der Waals surface area contributed by atoms with Gasteiger partial charge in [0.2, 0.25) is 23.0 Å². The van der Waals surface area contributed by atoms with E-state index in [9.17, 15) is 0 Å². The number of ether oxygens (including phenoxy) is 16. The first-order chi connectivity index (χ1) is 47.0. The van der Waals surface area contributed by atoms with Crippen LogP contribution in [0.3, 0.4) is 0 Å². The van der Waals surface area contributed by atoms with E-state index in [1.807, 2.05) is 48.5 Å². The highest BCUT2D eigenvalue weighted by molar-refractivity contribution is 5.56. The summed E-state index contributed by atoms with van der Waals surface area (Å²) in [5, 5.41) is 0. The third-order valence-corrected chi connectivity index (χ3v) is 17.1. The summed E-state index contributed by atoms with van der Waals surface area (Å²) >= 11 is 0. The van der Waals surface area contributed by atoms with E-state index in [4.69, 9.17) is 75.8 Å². The summed E-state index contributed by atoms with van der Waals surface area (Å²) in [7, 11) is 19.4. The van der Waals surface area contributed by atoms with E-state index >= 15 is 0 Å². The molecule has 0 aliphatic carbocycles. The molecule has 0 aliphatic rings. The Morgan fingerprint density at radius 2 is 0.438 bits per heavy atom. The van der Waals surface area contributed by atoms with E-state index in [0.29, 0.717) is 134 Å². The Morgan fingerprint density at radius 1 is 0.229 bits per heavy atom. The van der Waals surface area contributed by atoms with Crippen LogP contribution in [-0.4, -0.2) is 112 Å². The Hall–Kier alpha value is -8.80. The summed E-state index contributed by atoms with van der Waals surface area (Å²) in [6, 6.07) is 58.3. The van der Waals surface area contributed by atoms with Crippen molar-refractivity contribution in [1.29, 1.82) is 0 Å². The third kappa shape index (κ3) is 22.7. The van der Waals surface area contributed by atoms with Crippen molar-refractivity contribution in [1.82, 2.24) is 0 Å². The van der Waals surface area contributed by atoms with Crippen molar-refractivity contribution in [3.05, 3.63) is 214 Å². The molecule has 0 saturated heterocycles. The van der Waals surface area contributed by atoms with Crippen molar-refractivity contribution in [2.24, 2.45) is 23.7 Å². The molecule has 0 radical (unpaired) electrons. The average molecular weight is 1320 g/mol. The average Bonchev–Trinajstić information content (AvgIpc) is 1.17. The van der Waals surface area contributed by atoms with E-state index in [0.717, 1.165) is 73.6 Å². The van der Waals surface area contributed by atoms with Gasteiger partial charge in [-0.3, -0.25) is 0 Å². The van der Waals surface area contributed by atoms with Crippen molar-refractivity contribution in [2.75, 3.05) is 112 Å². The van der Waals surface area contributed by atoms with Gasteiger partial charge >= 0.3 is 0 Å². The smallest absolute Gasteiger partial charge is 0.203 e. The maximum Gasteiger partial charge on any atom is 0.203 e. The second-order valence-corrected chi connectivity index (χ2v) is 23.4. The normalized spacial score (nSPS) is 12.2. The summed E-state index contributed by atoms with van der Waals surface area (Å²) in [6.07, 6.45) is 7.57. The molecule has 8 aromatic rings. The van der Waals surface area contributed by atoms with Crippen LogP contribution in [0.25, 0.3) is 0 Å². The van der Waals surface area contributed by atoms with Crippen LogP contribution >= 0.6 is 0 Å². The first kappa shape index (κ1) is 74.6. The van der Waals surface area contributed by atoms with Crippen LogP contribution < -0.4 is 56.8 Å². The summed E-state index contributed by atoms with van der Waals surface area (Å²) in [5.41, 5.74) is 9.10. The van der Waals surface area contributed by atoms with Gasteiger partial charge in [0.05, 0.1) is 125 Å². The van der Waals surface area contributed by atoms with Gasteiger partial charge in [0, 0.05) is 13.2 Å². The van der Waals surface area contributed by atoms with Crippen molar-refractivity contribution in [3.8, 4) is 69.0 Å². The minimum atomic E-state index is 0.282. The molecule has 0 aromatic heterocycles. The van der Waals surface area contributed by atoms with Gasteiger partial charge in [-0.25, -0.2) is 0 Å². The zero-order valence-corrected chi connectivity index (χ0v) is 58.3. The van der Waals surface area contributed by atoms with Crippen LogP contribution in [0.15, 0.2) is 170 Å². The van der Waals surface area contributed by atoms with Crippen molar-refractivity contribution in [2.45, 2.75) is 77.8 Å². The van der Waals surface area contributed by atoms with Crippen LogP contribution in [0.2, 0.25) is 0 Å². The van der Waals surface area contributed by atoms with Crippen LogP contribution in [0.4, 0.5) is 0 Å². The molecule has 16 nitrogen and oxygen atoms in total. The van der Waals surface area contributed by atoms with Gasteiger partial charge < -0.3 is 75.8 Å². The first-order valence-electron chi connectivity index (χ1n) is 32.7. The quantitative estimate of drug-likeness (QED) is 0.0334. The minimum absolute atomic E-state index is 0.282. The Balaban J connectivity index is 0.000000271. The fourth-order valence-electron chi connectivity index (χ4n) is 12.2. The summed E-state index contributed by atoms with van der Waals surface area (Å²) in [6.45, 7) is 4.23. The molecule has 516 valence electrons. The third-order valence-electron chi connectivity index (χ3n) is 17.1. The minimum Gasteiger partial charge on any atom is -0.493 e. The van der Waals surface area contributed by atoms with E-state index in [-0.39, 0.29) is 11.8 Å². The Labute approximate surface area is 569 Å². The fourth-order valence-corrected chi connectivity index (χ4v) is 12.2. The number of benzene rings is 8. The predicted octanol–water partition coefficient (Wildman–Crippen LogP) is 15.9. The Bertz CT molecular complexity index is 3150. The van der Waals surface area contributed by atoms with Gasteiger partial charge in [0.1, 0.15) is 0 Å². The first-order valence-corrected chi connectivity index (χ1v) is 32.7. The highest BCUT2D eigenvalue weighted by atomic mass is 16.6. The monoisotopic (exact) mass is 1320 g/mol. The molecule has 96 heavy (non-hydrogen) atoms. The highest BCUT2D eigenvalue weighted by Crippen LogP contribution is 2.42. The molecule has 0 amide bonds. The van der Waals surface area contributed by atoms with Crippen LogP contribution in [-0.2, 0) is 71.1 Å². The SMILES string of the molecule is COc1cc(COCCC[C@@H](Cc2ccccc2)[C@@H](COCc2cc(OC)c(OC)c(OC)c2)Cc2ccccc2)cc(OC)c1OC.COc1cc(COCCC[C@H](Cc2ccccc2)[C@H](COCc2cc(OC)c(OC)c(OC)c2)Cc2ccccc2)cc(OC)c1OC. The van der Waals surface area contributed by atoms with Gasteiger partial charge in [0.25, 0.3) is 0 Å². The maximum absolute atomic E-state index is 6.48. The van der Waals surface area contributed by atoms with Gasteiger partial charge in [-0.1, -0.05) is 121 Å². The fraction of sp³-hybridized carbons (Fsp3) is 0.400. The summed E-state index contributed by atoms with van der Waals surface area (Å²) in [4.78, 5) is 0. The van der Waals surface area contributed by atoms with Crippen molar-refractivity contribution >= 4 is 0 Å². The van der Waals surface area contributed by atoms with Gasteiger partial charge in [-0.2, -0.15) is 0 Å². The van der Waals surface area contributed by atoms with Gasteiger partial charge in [-0.05, 0) is 168 Å². The molecule has 0 N–H and O–H groups in total. The molecule has 0 saturated carbocycles. The van der Waals surface area contributed by atoms with Crippen molar-refractivity contribution in [3.63, 3.8) is 0 Å². The topological polar surface area (TPSA) is 148 Å². The van der Waals surface area contributed by atoms with Gasteiger partial charge in [0.15, 0.2) is 46.0 Å². The molecule has 0 fully saturated rings. The lowest BCUT2D eigenvalue weighted by molar-refractivity contribution is 0.0578. The van der Waals surface area contributed by atoms with E-state index in [2.05, 4.69) is 121 Å². The second-order valence-electron chi connectivity index (χ2n) is 23.4. The molecule has 0 spiro atoms. The maximum atomic E-state index is 6.48. The van der Waals surface area contributed by atoms with Gasteiger partial charge in [-0.15, -0.1) is 0 Å². The number of hydrogen-bond acceptors (Lipinski definition) is 16. The molecule has 0 heterocycles. The molecule has 8 aromatic carbocycles. The number of rotatable bonds is 42. The molecule has 0 aliphatic heterocycles. The predicted molar refractivity (Wildman–Crippen MR) is 376 cm³/mol. The lowest BCUT2D eigenvalue weighted by Crippen LogP contribution is -2.25. The lowest BCUT2D eigenvalue weighted by atomic mass is 9.80. The molecule has 0 bridgehead atoms. The van der Waals surface area contributed by atoms with Crippen LogP contribution in [0, 0.1) is 23.7 Å². The highest BCUT2D eigenvalue weighted by Gasteiger charge is 2.26. The van der Waals surface area contributed by atoms with E-state index in [1.54, 1.807) is 85.3 Å². The number of methoxy groups -OCH3 is 12. The van der Waals surface area contributed by atoms with Crippen LogP contribution in [0.1, 0.15) is 70.2 Å². The molecule has 4 atom stereocenters. The van der Waals surface area contributed by atoms with E-state index < -0.39 is 0 Å². The summed E-state index contributed by atoms with van der Waals surface area (Å²) < 4.78 is 91.6. The second kappa shape index (κ2) is 41.2. The largest absolute Gasteiger partial charge is 0.493 e. The van der Waals surface area contributed by atoms with E-state index in [1.165, 1.54) is 22.3 Å². The lowest BCUT2D eigenvalue weighted by Gasteiger charge is -2.28. The Kier molecular flexibility index (Phi) is 32.0. The van der Waals surface area contributed by atoms with Crippen LogP contribution in [0.5, 0.6) is 69.0 Å². The zero-order valence-electron chi connectivity index (χ0n) is 58.3. The number of hydrogen-bond donors (Lipinski definition) is 0. The molecular formula is C80H100O16. The zero-order chi connectivity index (χ0) is 68.3.